The van der Waals surface area contributed by atoms with Crippen LogP contribution in [0.1, 0.15) is 61.7 Å². The number of para-hydroxylation sites is 1. The molecule has 6 aromatic rings. The Morgan fingerprint density at radius 2 is 1.77 bits per heavy atom. The van der Waals surface area contributed by atoms with Gasteiger partial charge < -0.3 is 19.9 Å². The summed E-state index contributed by atoms with van der Waals surface area (Å²) < 4.78 is 25.4. The van der Waals surface area contributed by atoms with Gasteiger partial charge in [-0.1, -0.05) is 30.3 Å². The van der Waals surface area contributed by atoms with Crippen molar-refractivity contribution >= 4 is 34.2 Å². The van der Waals surface area contributed by atoms with Gasteiger partial charge in [0.05, 0.1) is 35.0 Å². The van der Waals surface area contributed by atoms with E-state index >= 15 is 0 Å². The Bertz CT molecular complexity index is 2520. The molecular formula is C43H47FN10O3. The van der Waals surface area contributed by atoms with Crippen molar-refractivity contribution in [3.05, 3.63) is 106 Å². The maximum Gasteiger partial charge on any atom is 0.329 e. The quantitative estimate of drug-likeness (QED) is 0.147. The molecule has 4 aliphatic rings. The number of halogens is 1. The molecule has 0 radical (unpaired) electrons. The number of epoxide rings is 1. The van der Waals surface area contributed by atoms with Crippen molar-refractivity contribution in [3.8, 4) is 11.4 Å². The van der Waals surface area contributed by atoms with E-state index in [0.717, 1.165) is 117 Å². The van der Waals surface area contributed by atoms with Crippen molar-refractivity contribution in [2.45, 2.75) is 69.4 Å². The lowest BCUT2D eigenvalue weighted by atomic mass is 10.0. The number of piperazine rings is 1. The van der Waals surface area contributed by atoms with Gasteiger partial charge in [-0.3, -0.25) is 18.8 Å². The second kappa shape index (κ2) is 14.7. The number of aryl methyl sites for hydroxylation is 2. The smallest absolute Gasteiger partial charge is 0.329 e. The number of nitrogens with one attached hydrogen (secondary N) is 1. The number of hydrogen-bond acceptors (Lipinski definition) is 9. The number of imidazole rings is 2. The number of hydrogen-bond donors (Lipinski definition) is 1. The number of pyridine rings is 1. The second-order valence-electron chi connectivity index (χ2n) is 15.9. The number of rotatable bonds is 10. The lowest BCUT2D eigenvalue weighted by molar-refractivity contribution is -0.121. The third kappa shape index (κ3) is 6.74. The highest BCUT2D eigenvalue weighted by molar-refractivity contribution is 5.80. The molecule has 0 aliphatic carbocycles. The summed E-state index contributed by atoms with van der Waals surface area (Å²) in [6.07, 6.45) is 7.33. The largest absolute Gasteiger partial charge is 0.354 e. The molecule has 4 aromatic heterocycles. The van der Waals surface area contributed by atoms with E-state index in [4.69, 9.17) is 14.8 Å². The van der Waals surface area contributed by atoms with Gasteiger partial charge in [-0.15, -0.1) is 5.10 Å². The highest BCUT2D eigenvalue weighted by atomic mass is 19.1. The molecule has 4 atom stereocenters. The summed E-state index contributed by atoms with van der Waals surface area (Å²) in [6, 6.07) is 23.2. The van der Waals surface area contributed by atoms with Crippen LogP contribution in [-0.4, -0.2) is 91.1 Å². The molecule has 4 aliphatic heterocycles. The van der Waals surface area contributed by atoms with E-state index < -0.39 is 0 Å². The molecule has 0 saturated carbocycles. The van der Waals surface area contributed by atoms with Crippen molar-refractivity contribution in [1.82, 2.24) is 38.9 Å². The molecule has 2 aromatic carbocycles. The van der Waals surface area contributed by atoms with Gasteiger partial charge in [0, 0.05) is 46.2 Å². The van der Waals surface area contributed by atoms with Gasteiger partial charge in [0.2, 0.25) is 5.91 Å². The minimum absolute atomic E-state index is 0.0185. The topological polar surface area (TPSA) is 121 Å². The normalized spacial score (nSPS) is 22.6. The van der Waals surface area contributed by atoms with Crippen LogP contribution < -0.4 is 20.8 Å². The van der Waals surface area contributed by atoms with Gasteiger partial charge in [-0.2, -0.15) is 0 Å². The number of carbonyl (C=O) groups excluding carboxylic acids is 1. The Balaban J connectivity index is 0.766. The summed E-state index contributed by atoms with van der Waals surface area (Å²) in [5.41, 5.74) is 6.42. The Morgan fingerprint density at radius 3 is 2.65 bits per heavy atom. The Hall–Kier alpha value is -5.60. The number of anilines is 2. The van der Waals surface area contributed by atoms with Gasteiger partial charge >= 0.3 is 5.69 Å². The molecule has 4 saturated heterocycles. The van der Waals surface area contributed by atoms with E-state index in [1.165, 1.54) is 11.6 Å². The first-order chi connectivity index (χ1) is 27.9. The van der Waals surface area contributed by atoms with Gasteiger partial charge in [-0.25, -0.2) is 23.7 Å². The summed E-state index contributed by atoms with van der Waals surface area (Å²) >= 11 is 0. The summed E-state index contributed by atoms with van der Waals surface area (Å²) in [6.45, 7) is 5.59. The van der Waals surface area contributed by atoms with E-state index in [-0.39, 0.29) is 41.8 Å². The fourth-order valence-corrected chi connectivity index (χ4v) is 9.41. The van der Waals surface area contributed by atoms with E-state index in [9.17, 15) is 14.0 Å². The summed E-state index contributed by atoms with van der Waals surface area (Å²) in [4.78, 5) is 42.6. The Morgan fingerprint density at radius 1 is 0.912 bits per heavy atom. The fraction of sp³-hybridized carbons (Fsp3) is 0.419. The van der Waals surface area contributed by atoms with Crippen molar-refractivity contribution in [2.75, 3.05) is 49.1 Å². The number of benzene rings is 2. The Kier molecular flexibility index (Phi) is 9.24. The van der Waals surface area contributed by atoms with E-state index in [2.05, 4.69) is 43.2 Å². The van der Waals surface area contributed by atoms with Crippen LogP contribution in [0, 0.1) is 5.82 Å². The molecule has 1 N–H and O–H groups in total. The molecule has 13 nitrogen and oxygen atoms in total. The standard InChI is InChI=1S/C43H47FN10O3/c1-49-40-28(9-5-13-33(40)53(43(49)56)34-16-19-39(55)47-42-41(34)57-42)8-2-3-20-50-22-24-51(25-23-50)37-15-6-12-31(46-37)35-27-45-36-17-18-38(48-54(35)36)52-21-7-14-32(52)29-10-4-11-30(44)26-29/h4-6,9-13,15,17-18,26-27,32,34,41-42H,2-3,7-8,14,16,19-25H2,1H3,(H,47,55)/t32-,34?,41?,42?/m1/s1. The zero-order chi connectivity index (χ0) is 38.6. The summed E-state index contributed by atoms with van der Waals surface area (Å²) in [5.74, 6) is 1.56. The van der Waals surface area contributed by atoms with Crippen LogP contribution in [0.15, 0.2) is 83.8 Å². The molecule has 1 amide bonds. The maximum atomic E-state index is 14.1. The van der Waals surface area contributed by atoms with Crippen LogP contribution in [0.2, 0.25) is 0 Å². The number of aromatic nitrogens is 6. The highest BCUT2D eigenvalue weighted by Crippen LogP contribution is 2.38. The van der Waals surface area contributed by atoms with Crippen LogP contribution in [0.4, 0.5) is 16.0 Å². The molecule has 294 valence electrons. The summed E-state index contributed by atoms with van der Waals surface area (Å²) in [5, 5.41) is 7.94. The van der Waals surface area contributed by atoms with Crippen LogP contribution in [0.25, 0.3) is 28.1 Å². The monoisotopic (exact) mass is 770 g/mol. The van der Waals surface area contributed by atoms with Crippen LogP contribution in [0.3, 0.4) is 0 Å². The molecule has 0 bridgehead atoms. The minimum atomic E-state index is -0.293. The number of carbonyl (C=O) groups is 1. The van der Waals surface area contributed by atoms with Gasteiger partial charge in [0.15, 0.2) is 11.9 Å². The zero-order valence-electron chi connectivity index (χ0n) is 32.1. The number of fused-ring (bicyclic) bond motifs is 3. The number of unbranched alkanes of at least 4 members (excludes halogenated alkanes) is 1. The van der Waals surface area contributed by atoms with Crippen molar-refractivity contribution in [2.24, 2.45) is 7.05 Å². The molecule has 8 heterocycles. The molecule has 0 spiro atoms. The lowest BCUT2D eigenvalue weighted by Gasteiger charge is -2.35. The summed E-state index contributed by atoms with van der Waals surface area (Å²) in [7, 11) is 1.85. The molecular weight excluding hydrogens is 724 g/mol. The lowest BCUT2D eigenvalue weighted by Crippen LogP contribution is -2.46. The third-order valence-corrected chi connectivity index (χ3v) is 12.4. The molecule has 57 heavy (non-hydrogen) atoms. The molecule has 10 rings (SSSR count). The van der Waals surface area contributed by atoms with Crippen molar-refractivity contribution in [1.29, 1.82) is 0 Å². The Labute approximate surface area is 329 Å². The molecule has 4 fully saturated rings. The first-order valence-electron chi connectivity index (χ1n) is 20.3. The highest BCUT2D eigenvalue weighted by Gasteiger charge is 2.49. The van der Waals surface area contributed by atoms with E-state index in [1.807, 2.05) is 58.7 Å². The zero-order valence-corrected chi connectivity index (χ0v) is 32.1. The predicted molar refractivity (Wildman–Crippen MR) is 216 cm³/mol. The number of ether oxygens (including phenoxy) is 1. The fourth-order valence-electron chi connectivity index (χ4n) is 9.41. The number of nitrogens with zero attached hydrogens (tertiary/aromatic N) is 9. The average molecular weight is 771 g/mol. The van der Waals surface area contributed by atoms with Crippen LogP contribution >= 0.6 is 0 Å². The van der Waals surface area contributed by atoms with Crippen LogP contribution in [-0.2, 0) is 23.0 Å². The van der Waals surface area contributed by atoms with E-state index in [1.54, 1.807) is 16.7 Å². The first-order valence-corrected chi connectivity index (χ1v) is 20.3. The molecule has 3 unspecified atom stereocenters. The van der Waals surface area contributed by atoms with Crippen molar-refractivity contribution < 1.29 is 13.9 Å². The third-order valence-electron chi connectivity index (χ3n) is 12.4. The maximum absolute atomic E-state index is 14.1. The SMILES string of the molecule is Cn1c(=O)n(C2CCC(=O)NC3OC32)c2cccc(CCCCN3CCN(c4cccc(-c5cnc6ccc(N7CCC[C@@H]7c7cccc(F)c7)nn56)n4)CC3)c21. The molecule has 14 heteroatoms. The minimum Gasteiger partial charge on any atom is -0.354 e. The average Bonchev–Trinajstić information content (AvgIpc) is 3.51. The van der Waals surface area contributed by atoms with Crippen molar-refractivity contribution in [3.63, 3.8) is 0 Å². The first kappa shape index (κ1) is 35.8. The predicted octanol–water partition coefficient (Wildman–Crippen LogP) is 5.25. The van der Waals surface area contributed by atoms with Gasteiger partial charge in [-0.05, 0) is 98.7 Å². The number of amides is 1. The second-order valence-corrected chi connectivity index (χ2v) is 15.9. The van der Waals surface area contributed by atoms with Crippen LogP contribution in [0.5, 0.6) is 0 Å². The van der Waals surface area contributed by atoms with Gasteiger partial charge in [0.25, 0.3) is 0 Å². The van der Waals surface area contributed by atoms with E-state index in [0.29, 0.717) is 12.8 Å². The van der Waals surface area contributed by atoms with Gasteiger partial charge in [0.1, 0.15) is 29.3 Å².